The van der Waals surface area contributed by atoms with Crippen LogP contribution in [0.15, 0.2) is 12.2 Å². The quantitative estimate of drug-likeness (QED) is 0.113. The summed E-state index contributed by atoms with van der Waals surface area (Å²) in [5.41, 5.74) is -3.72. The van der Waals surface area contributed by atoms with Gasteiger partial charge in [-0.2, -0.15) is 39.2 Å². The molecule has 7 nitrogen and oxygen atoms in total. The van der Waals surface area contributed by atoms with E-state index in [4.69, 9.17) is 14.0 Å². The second kappa shape index (κ2) is 10.7. The lowest BCUT2D eigenvalue weighted by Crippen LogP contribution is -2.57. The van der Waals surface area contributed by atoms with Crippen molar-refractivity contribution in [3.63, 3.8) is 0 Å². The maximum absolute atomic E-state index is 13.5. The summed E-state index contributed by atoms with van der Waals surface area (Å²) in [4.78, 5) is 12.4. The van der Waals surface area contributed by atoms with Crippen molar-refractivity contribution in [3.8, 4) is 0 Å². The fourth-order valence-electron chi connectivity index (χ4n) is 4.78. The molecule has 0 radical (unpaired) electrons. The van der Waals surface area contributed by atoms with Gasteiger partial charge in [-0.15, -0.1) is 0 Å². The van der Waals surface area contributed by atoms with E-state index in [0.717, 1.165) is 6.42 Å². The smallest absolute Gasteiger partial charge is 0.431 e. The molecule has 2 aliphatic carbocycles. The molecule has 0 aromatic heterocycles. The van der Waals surface area contributed by atoms with E-state index in [0.29, 0.717) is 26.2 Å². The van der Waals surface area contributed by atoms with Gasteiger partial charge in [-0.3, -0.25) is 4.55 Å². The van der Waals surface area contributed by atoms with Crippen molar-refractivity contribution < 1.29 is 63.1 Å². The summed E-state index contributed by atoms with van der Waals surface area (Å²) < 4.78 is 133. The number of halogens is 7. The summed E-state index contributed by atoms with van der Waals surface area (Å²) in [5.74, 6) is -6.91. The van der Waals surface area contributed by atoms with Gasteiger partial charge in [0, 0.05) is 18.9 Å². The van der Waals surface area contributed by atoms with Crippen LogP contribution in [-0.4, -0.2) is 66.3 Å². The number of esters is 1. The zero-order chi connectivity index (χ0) is 27.7. The number of unbranched alkanes of at least 4 members (excludes halogenated alkanes) is 1. The summed E-state index contributed by atoms with van der Waals surface area (Å²) in [6.45, 7) is 2.97. The zero-order valence-corrected chi connectivity index (χ0v) is 20.2. The molecule has 5 atom stereocenters. The lowest BCUT2D eigenvalue weighted by Gasteiger charge is -2.40. The highest BCUT2D eigenvalue weighted by molar-refractivity contribution is 7.87. The third-order valence-corrected chi connectivity index (χ3v) is 7.83. The van der Waals surface area contributed by atoms with Crippen LogP contribution in [0.1, 0.15) is 51.9 Å². The van der Waals surface area contributed by atoms with E-state index in [9.17, 15) is 49.1 Å². The van der Waals surface area contributed by atoms with Crippen molar-refractivity contribution >= 4 is 16.1 Å². The minimum Gasteiger partial charge on any atom is -0.455 e. The van der Waals surface area contributed by atoms with Gasteiger partial charge in [0.1, 0.15) is 6.10 Å². The van der Waals surface area contributed by atoms with Crippen molar-refractivity contribution in [2.45, 2.75) is 80.9 Å². The molecule has 5 unspecified atom stereocenters. The van der Waals surface area contributed by atoms with E-state index >= 15 is 0 Å². The predicted molar refractivity (Wildman–Crippen MR) is 111 cm³/mol. The topological polar surface area (TPSA) is 110 Å². The minimum absolute atomic E-state index is 0.127. The maximum atomic E-state index is 13.5. The van der Waals surface area contributed by atoms with Crippen LogP contribution in [0.3, 0.4) is 0 Å². The van der Waals surface area contributed by atoms with E-state index in [1.165, 1.54) is 0 Å². The maximum Gasteiger partial charge on any atom is 0.431 e. The summed E-state index contributed by atoms with van der Waals surface area (Å²) >= 11 is 0. The van der Waals surface area contributed by atoms with Crippen LogP contribution in [0.25, 0.3) is 0 Å². The van der Waals surface area contributed by atoms with Gasteiger partial charge in [0.05, 0.1) is 12.2 Å². The summed E-state index contributed by atoms with van der Waals surface area (Å²) in [6, 6.07) is 0. The van der Waals surface area contributed by atoms with Crippen LogP contribution < -0.4 is 0 Å². The van der Waals surface area contributed by atoms with Crippen molar-refractivity contribution in [2.24, 2.45) is 17.8 Å². The van der Waals surface area contributed by atoms with Gasteiger partial charge >= 0.3 is 33.4 Å². The van der Waals surface area contributed by atoms with Gasteiger partial charge in [-0.1, -0.05) is 13.0 Å². The predicted octanol–water partition coefficient (Wildman–Crippen LogP) is 4.51. The molecule has 2 N–H and O–H groups in total. The molecule has 0 aliphatic heterocycles. The number of alkyl halides is 7. The Kier molecular flexibility index (Phi) is 9.17. The Bertz CT molecular complexity index is 918. The van der Waals surface area contributed by atoms with Gasteiger partial charge in [-0.25, -0.2) is 4.79 Å². The van der Waals surface area contributed by atoms with E-state index in [1.807, 2.05) is 0 Å². The molecule has 2 fully saturated rings. The second-order valence-corrected chi connectivity index (χ2v) is 11.1. The Balaban J connectivity index is 1.86. The number of aliphatic hydroxyl groups is 1. The van der Waals surface area contributed by atoms with Gasteiger partial charge in [0.15, 0.2) is 5.60 Å². The fraction of sp³-hybridized carbons (Fsp3) is 0.857. The van der Waals surface area contributed by atoms with Gasteiger partial charge in [0.25, 0.3) is 0 Å². The number of hydrogen-bond acceptors (Lipinski definition) is 6. The molecule has 15 heteroatoms. The number of carbonyl (C=O) groups excluding carboxylic acids is 1. The van der Waals surface area contributed by atoms with Crippen molar-refractivity contribution in [1.82, 2.24) is 0 Å². The fourth-order valence-corrected chi connectivity index (χ4v) is 5.26. The van der Waals surface area contributed by atoms with Crippen LogP contribution in [0.2, 0.25) is 0 Å². The van der Waals surface area contributed by atoms with Crippen molar-refractivity contribution in [3.05, 3.63) is 12.2 Å². The number of hydrogen-bond donors (Lipinski definition) is 2. The average Bonchev–Trinajstić information content (AvgIpc) is 3.35. The molecular formula is C21H29F7O7S. The molecule has 36 heavy (non-hydrogen) atoms. The third-order valence-electron chi connectivity index (χ3n) is 6.89. The molecule has 0 heterocycles. The molecule has 0 amide bonds. The lowest BCUT2D eigenvalue weighted by molar-refractivity contribution is -0.293. The Hall–Kier alpha value is -1.45. The Morgan fingerprint density at radius 1 is 1.08 bits per heavy atom. The first-order valence-electron chi connectivity index (χ1n) is 11.2. The van der Waals surface area contributed by atoms with Crippen LogP contribution >= 0.6 is 0 Å². The molecule has 2 bridgehead atoms. The average molecular weight is 559 g/mol. The van der Waals surface area contributed by atoms with Crippen molar-refractivity contribution in [1.29, 1.82) is 0 Å². The highest BCUT2D eigenvalue weighted by Gasteiger charge is 2.65. The Morgan fingerprint density at radius 3 is 2.17 bits per heavy atom. The first-order valence-corrected chi connectivity index (χ1v) is 12.6. The Morgan fingerprint density at radius 2 is 1.69 bits per heavy atom. The zero-order valence-electron chi connectivity index (χ0n) is 19.4. The largest absolute Gasteiger partial charge is 0.455 e. The minimum atomic E-state index is -6.33. The highest BCUT2D eigenvalue weighted by Crippen LogP contribution is 2.53. The van der Waals surface area contributed by atoms with Crippen LogP contribution in [-0.2, 0) is 24.4 Å². The van der Waals surface area contributed by atoms with E-state index < -0.39 is 76.1 Å². The van der Waals surface area contributed by atoms with Gasteiger partial charge in [0.2, 0.25) is 0 Å². The molecule has 2 rings (SSSR count). The SMILES string of the molecule is C=C(COCCCCC(F)(F)C(F)(F)S(=O)(=O)O)C(=O)OC(C1CC2CCC1C2)C(C)(O)C(F)(F)F. The first kappa shape index (κ1) is 30.8. The standard InChI is InChI=1S/C21H29F7O7S/c1-12(11-34-8-4-3-7-19(22,23)21(27,28)36(31,32)33)17(29)35-16(18(2,30)20(24,25)26)15-10-13-5-6-14(15)9-13/h13-16,30H,1,3-11H2,2H3,(H,31,32,33). The number of rotatable bonds is 13. The molecule has 210 valence electrons. The van der Waals surface area contributed by atoms with Gasteiger partial charge in [-0.05, 0) is 50.9 Å². The molecular weight excluding hydrogens is 529 g/mol. The highest BCUT2D eigenvalue weighted by atomic mass is 32.2. The second-order valence-electron chi connectivity index (χ2n) is 9.62. The summed E-state index contributed by atoms with van der Waals surface area (Å²) in [7, 11) is -6.33. The normalized spacial score (nSPS) is 25.4. The number of fused-ring (bicyclic) bond motifs is 2. The van der Waals surface area contributed by atoms with Crippen LogP contribution in [0.4, 0.5) is 30.7 Å². The van der Waals surface area contributed by atoms with Gasteiger partial charge < -0.3 is 14.6 Å². The summed E-state index contributed by atoms with van der Waals surface area (Å²) in [6.07, 6.45) is -6.89. The van der Waals surface area contributed by atoms with E-state index in [1.54, 1.807) is 0 Å². The van der Waals surface area contributed by atoms with E-state index in [2.05, 4.69) is 6.58 Å². The molecule has 0 aromatic carbocycles. The first-order chi connectivity index (χ1) is 16.2. The third kappa shape index (κ3) is 6.51. The number of carbonyl (C=O) groups is 1. The molecule has 0 saturated heterocycles. The van der Waals surface area contributed by atoms with Crippen LogP contribution in [0.5, 0.6) is 0 Å². The Labute approximate surface area is 203 Å². The van der Waals surface area contributed by atoms with Crippen molar-refractivity contribution in [2.75, 3.05) is 13.2 Å². The number of ether oxygens (including phenoxy) is 2. The monoisotopic (exact) mass is 558 g/mol. The molecule has 0 aromatic rings. The lowest BCUT2D eigenvalue weighted by atomic mass is 9.78. The molecule has 2 saturated carbocycles. The van der Waals surface area contributed by atoms with Crippen LogP contribution in [0, 0.1) is 17.8 Å². The molecule has 0 spiro atoms. The molecule has 2 aliphatic rings. The van der Waals surface area contributed by atoms with E-state index in [-0.39, 0.29) is 24.9 Å². The summed E-state index contributed by atoms with van der Waals surface area (Å²) in [5, 5.41) is 4.57.